The summed E-state index contributed by atoms with van der Waals surface area (Å²) in [5.41, 5.74) is 3.06. The van der Waals surface area contributed by atoms with Crippen molar-refractivity contribution in [3.8, 4) is 10.4 Å². The second-order valence-corrected chi connectivity index (χ2v) is 7.86. The summed E-state index contributed by atoms with van der Waals surface area (Å²) in [7, 11) is 0. The molecule has 140 valence electrons. The SMILES string of the molecule is Cc1ccccc1NC(=O)Cn1cnc2cc(-c3ccc(Cl)cc3)sc2c1=O. The average Bonchev–Trinajstić information content (AvgIpc) is 3.12. The third-order valence-electron chi connectivity index (χ3n) is 4.37. The van der Waals surface area contributed by atoms with E-state index in [9.17, 15) is 9.59 Å². The Labute approximate surface area is 170 Å². The Hall–Kier alpha value is -2.96. The lowest BCUT2D eigenvalue weighted by Crippen LogP contribution is -2.27. The molecule has 1 amide bonds. The molecular formula is C21H16ClN3O2S. The summed E-state index contributed by atoms with van der Waals surface area (Å²) in [6, 6.07) is 16.8. The minimum atomic E-state index is -0.271. The molecule has 0 atom stereocenters. The van der Waals surface area contributed by atoms with E-state index in [0.717, 1.165) is 21.7 Å². The van der Waals surface area contributed by atoms with Gasteiger partial charge in [-0.3, -0.25) is 14.2 Å². The predicted octanol–water partition coefficient (Wildman–Crippen LogP) is 4.73. The minimum absolute atomic E-state index is 0.0930. The van der Waals surface area contributed by atoms with Gasteiger partial charge in [0.15, 0.2) is 0 Å². The molecule has 0 aliphatic rings. The van der Waals surface area contributed by atoms with Gasteiger partial charge in [0.25, 0.3) is 5.56 Å². The van der Waals surface area contributed by atoms with Gasteiger partial charge in [0, 0.05) is 15.6 Å². The van der Waals surface area contributed by atoms with Gasteiger partial charge in [-0.1, -0.05) is 41.9 Å². The molecule has 0 spiro atoms. The first kappa shape index (κ1) is 18.4. The maximum Gasteiger partial charge on any atom is 0.271 e. The minimum Gasteiger partial charge on any atom is -0.324 e. The van der Waals surface area contributed by atoms with Crippen LogP contribution in [0.25, 0.3) is 20.7 Å². The number of carbonyl (C=O) groups is 1. The van der Waals surface area contributed by atoms with Crippen LogP contribution < -0.4 is 10.9 Å². The van der Waals surface area contributed by atoms with Crippen LogP contribution in [0.4, 0.5) is 5.69 Å². The molecule has 0 aliphatic carbocycles. The number of fused-ring (bicyclic) bond motifs is 1. The summed E-state index contributed by atoms with van der Waals surface area (Å²) < 4.78 is 1.86. The number of benzene rings is 2. The number of amides is 1. The quantitative estimate of drug-likeness (QED) is 0.530. The Morgan fingerprint density at radius 2 is 1.93 bits per heavy atom. The van der Waals surface area contributed by atoms with Crippen molar-refractivity contribution in [2.45, 2.75) is 13.5 Å². The Bertz CT molecular complexity index is 1230. The Morgan fingerprint density at radius 3 is 2.68 bits per heavy atom. The van der Waals surface area contributed by atoms with Crippen molar-refractivity contribution < 1.29 is 4.79 Å². The summed E-state index contributed by atoms with van der Waals surface area (Å²) in [5, 5.41) is 3.49. The fourth-order valence-electron chi connectivity index (χ4n) is 2.87. The van der Waals surface area contributed by atoms with Crippen molar-refractivity contribution >= 4 is 44.7 Å². The van der Waals surface area contributed by atoms with E-state index in [0.29, 0.717) is 15.2 Å². The van der Waals surface area contributed by atoms with Gasteiger partial charge in [0.1, 0.15) is 11.2 Å². The number of carbonyl (C=O) groups excluding carboxylic acids is 1. The normalized spacial score (nSPS) is 10.9. The molecule has 0 unspecified atom stereocenters. The van der Waals surface area contributed by atoms with Crippen LogP contribution in [0.2, 0.25) is 5.02 Å². The van der Waals surface area contributed by atoms with Crippen LogP contribution in [-0.2, 0) is 11.3 Å². The Balaban J connectivity index is 1.61. The van der Waals surface area contributed by atoms with Gasteiger partial charge >= 0.3 is 0 Å². The third-order valence-corrected chi connectivity index (χ3v) is 5.78. The van der Waals surface area contributed by atoms with Crippen molar-refractivity contribution in [2.24, 2.45) is 0 Å². The van der Waals surface area contributed by atoms with Crippen molar-refractivity contribution in [3.05, 3.63) is 81.9 Å². The number of hydrogen-bond acceptors (Lipinski definition) is 4. The average molecular weight is 410 g/mol. The number of nitrogens with zero attached hydrogens (tertiary/aromatic N) is 2. The van der Waals surface area contributed by atoms with Crippen LogP contribution in [-0.4, -0.2) is 15.5 Å². The molecule has 7 heteroatoms. The molecule has 28 heavy (non-hydrogen) atoms. The highest BCUT2D eigenvalue weighted by Gasteiger charge is 2.13. The monoisotopic (exact) mass is 409 g/mol. The largest absolute Gasteiger partial charge is 0.324 e. The first-order chi connectivity index (χ1) is 13.5. The number of anilines is 1. The standard InChI is InChI=1S/C21H16ClN3O2S/c1-13-4-2-3-5-16(13)24-19(26)11-25-12-23-17-10-18(28-20(17)21(25)27)14-6-8-15(22)9-7-14/h2-10,12H,11H2,1H3,(H,24,26). The summed E-state index contributed by atoms with van der Waals surface area (Å²) in [6.07, 6.45) is 1.42. The van der Waals surface area contributed by atoms with Gasteiger partial charge in [-0.15, -0.1) is 11.3 Å². The van der Waals surface area contributed by atoms with Crippen molar-refractivity contribution in [3.63, 3.8) is 0 Å². The maximum absolute atomic E-state index is 12.8. The highest BCUT2D eigenvalue weighted by atomic mass is 35.5. The second-order valence-electron chi connectivity index (χ2n) is 6.37. The molecule has 5 nitrogen and oxygen atoms in total. The molecule has 0 bridgehead atoms. The zero-order valence-corrected chi connectivity index (χ0v) is 16.6. The molecule has 1 N–H and O–H groups in total. The maximum atomic E-state index is 12.8. The smallest absolute Gasteiger partial charge is 0.271 e. The molecule has 4 aromatic rings. The third kappa shape index (κ3) is 3.69. The molecule has 0 fully saturated rings. The topological polar surface area (TPSA) is 64.0 Å². The highest BCUT2D eigenvalue weighted by Crippen LogP contribution is 2.31. The van der Waals surface area contributed by atoms with Crippen LogP contribution in [0.3, 0.4) is 0 Å². The number of aryl methyl sites for hydroxylation is 1. The van der Waals surface area contributed by atoms with E-state index < -0.39 is 0 Å². The number of thiophene rings is 1. The summed E-state index contributed by atoms with van der Waals surface area (Å²) >= 11 is 7.30. The van der Waals surface area contributed by atoms with Gasteiger partial charge in [0.05, 0.1) is 11.8 Å². The van der Waals surface area contributed by atoms with Crippen molar-refractivity contribution in [2.75, 3.05) is 5.32 Å². The number of halogens is 1. The molecule has 2 aromatic heterocycles. The first-order valence-corrected chi connectivity index (χ1v) is 9.81. The highest BCUT2D eigenvalue weighted by molar-refractivity contribution is 7.22. The van der Waals surface area contributed by atoms with Crippen molar-refractivity contribution in [1.29, 1.82) is 0 Å². The summed E-state index contributed by atoms with van der Waals surface area (Å²) in [6.45, 7) is 1.82. The molecule has 2 heterocycles. The molecule has 0 radical (unpaired) electrons. The van der Waals surface area contributed by atoms with Gasteiger partial charge in [-0.05, 0) is 42.3 Å². The van der Waals surface area contributed by atoms with Gasteiger partial charge in [-0.2, -0.15) is 0 Å². The Morgan fingerprint density at radius 1 is 1.18 bits per heavy atom. The molecular weight excluding hydrogens is 394 g/mol. The van der Waals surface area contributed by atoms with E-state index in [-0.39, 0.29) is 18.0 Å². The number of nitrogens with one attached hydrogen (secondary N) is 1. The Kier molecular flexibility index (Phi) is 4.98. The fraction of sp³-hybridized carbons (Fsp3) is 0.0952. The zero-order chi connectivity index (χ0) is 19.7. The lowest BCUT2D eigenvalue weighted by molar-refractivity contribution is -0.116. The fourth-order valence-corrected chi connectivity index (χ4v) is 4.06. The lowest BCUT2D eigenvalue weighted by Gasteiger charge is -2.09. The summed E-state index contributed by atoms with van der Waals surface area (Å²) in [5.74, 6) is -0.271. The second kappa shape index (κ2) is 7.58. The molecule has 0 aliphatic heterocycles. The van der Waals surface area contributed by atoms with Crippen LogP contribution >= 0.6 is 22.9 Å². The van der Waals surface area contributed by atoms with E-state index >= 15 is 0 Å². The number of para-hydroxylation sites is 1. The van der Waals surface area contributed by atoms with E-state index in [2.05, 4.69) is 10.3 Å². The van der Waals surface area contributed by atoms with E-state index in [4.69, 9.17) is 11.6 Å². The summed E-state index contributed by atoms with van der Waals surface area (Å²) in [4.78, 5) is 30.5. The van der Waals surface area contributed by atoms with Gasteiger partial charge < -0.3 is 5.32 Å². The van der Waals surface area contributed by atoms with Crippen LogP contribution in [0.5, 0.6) is 0 Å². The van der Waals surface area contributed by atoms with Crippen LogP contribution in [0, 0.1) is 6.92 Å². The molecule has 0 saturated carbocycles. The van der Waals surface area contributed by atoms with Crippen molar-refractivity contribution in [1.82, 2.24) is 9.55 Å². The number of rotatable bonds is 4. The predicted molar refractivity (Wildman–Crippen MR) is 114 cm³/mol. The lowest BCUT2D eigenvalue weighted by atomic mass is 10.2. The number of hydrogen-bond donors (Lipinski definition) is 1. The van der Waals surface area contributed by atoms with Crippen LogP contribution in [0.15, 0.2) is 65.7 Å². The molecule has 4 rings (SSSR count). The van der Waals surface area contributed by atoms with Crippen LogP contribution in [0.1, 0.15) is 5.56 Å². The molecule has 0 saturated heterocycles. The van der Waals surface area contributed by atoms with E-state index in [1.54, 1.807) is 0 Å². The number of aromatic nitrogens is 2. The van der Waals surface area contributed by atoms with Gasteiger partial charge in [0.2, 0.25) is 5.91 Å². The van der Waals surface area contributed by atoms with E-state index in [1.165, 1.54) is 22.2 Å². The zero-order valence-electron chi connectivity index (χ0n) is 15.0. The van der Waals surface area contributed by atoms with Gasteiger partial charge in [-0.25, -0.2) is 4.98 Å². The van der Waals surface area contributed by atoms with E-state index in [1.807, 2.05) is 61.5 Å². The first-order valence-electron chi connectivity index (χ1n) is 8.61. The molecule has 2 aromatic carbocycles.